The lowest BCUT2D eigenvalue weighted by Gasteiger charge is -1.95. The number of aryl methyl sites for hydroxylation is 2. The third-order valence-electron chi connectivity index (χ3n) is 2.89. The molecule has 4 nitrogen and oxygen atoms in total. The number of aromatic nitrogens is 2. The Kier molecular flexibility index (Phi) is 3.43. The van der Waals surface area contributed by atoms with Crippen molar-refractivity contribution in [2.24, 2.45) is 5.10 Å². The van der Waals surface area contributed by atoms with Crippen molar-refractivity contribution in [3.8, 4) is 0 Å². The molecule has 3 rings (SSSR count). The average molecular weight is 282 g/mol. The molecule has 0 radical (unpaired) electrons. The van der Waals surface area contributed by atoms with Crippen LogP contribution in [0.4, 0.5) is 5.13 Å². The van der Waals surface area contributed by atoms with Crippen molar-refractivity contribution in [2.45, 2.75) is 13.8 Å². The van der Waals surface area contributed by atoms with Gasteiger partial charge in [-0.25, -0.2) is 4.98 Å². The van der Waals surface area contributed by atoms with Crippen molar-refractivity contribution in [3.63, 3.8) is 0 Å². The van der Waals surface area contributed by atoms with Crippen molar-refractivity contribution in [1.82, 2.24) is 9.97 Å². The van der Waals surface area contributed by atoms with Gasteiger partial charge in [0.25, 0.3) is 0 Å². The Labute approximate surface area is 121 Å². The Hall–Kier alpha value is -2.27. The summed E-state index contributed by atoms with van der Waals surface area (Å²) in [7, 11) is 0. The first-order valence-electron chi connectivity index (χ1n) is 6.29. The van der Waals surface area contributed by atoms with Crippen LogP contribution >= 0.6 is 11.3 Å². The summed E-state index contributed by atoms with van der Waals surface area (Å²) in [6, 6.07) is 8.12. The number of nitrogens with one attached hydrogen (secondary N) is 1. The van der Waals surface area contributed by atoms with Gasteiger partial charge in [0.05, 0.1) is 16.4 Å². The summed E-state index contributed by atoms with van der Waals surface area (Å²) in [5, 5.41) is 4.99. The Morgan fingerprint density at radius 2 is 2.20 bits per heavy atom. The summed E-state index contributed by atoms with van der Waals surface area (Å²) in [5.74, 6) is 0. The molecule has 3 aromatic rings. The molecule has 0 spiro atoms. The van der Waals surface area contributed by atoms with Crippen molar-refractivity contribution < 1.29 is 0 Å². The van der Waals surface area contributed by atoms with Gasteiger partial charge in [0, 0.05) is 18.0 Å². The molecule has 0 atom stereocenters. The fourth-order valence-electron chi connectivity index (χ4n) is 2.03. The van der Waals surface area contributed by atoms with Gasteiger partial charge in [-0.1, -0.05) is 23.5 Å². The normalized spacial score (nSPS) is 11.3. The second-order valence-electron chi connectivity index (χ2n) is 4.60. The molecule has 2 heterocycles. The average Bonchev–Trinajstić information content (AvgIpc) is 2.83. The van der Waals surface area contributed by atoms with E-state index in [-0.39, 0.29) is 0 Å². The molecule has 0 bridgehead atoms. The molecule has 0 aliphatic heterocycles. The first-order chi connectivity index (χ1) is 9.72. The van der Waals surface area contributed by atoms with Gasteiger partial charge in [0.15, 0.2) is 0 Å². The van der Waals surface area contributed by atoms with Crippen LogP contribution in [0, 0.1) is 13.8 Å². The number of anilines is 1. The van der Waals surface area contributed by atoms with Crippen molar-refractivity contribution in [1.29, 1.82) is 0 Å². The van der Waals surface area contributed by atoms with E-state index in [1.165, 1.54) is 15.8 Å². The third-order valence-corrected chi connectivity index (χ3v) is 3.80. The first kappa shape index (κ1) is 12.7. The van der Waals surface area contributed by atoms with E-state index in [0.29, 0.717) is 0 Å². The van der Waals surface area contributed by atoms with Gasteiger partial charge >= 0.3 is 0 Å². The van der Waals surface area contributed by atoms with Crippen LogP contribution < -0.4 is 5.43 Å². The van der Waals surface area contributed by atoms with E-state index in [2.05, 4.69) is 46.5 Å². The SMILES string of the molecule is Cc1cc(C)c2nc(N/N=C\c3cccnc3)sc2c1. The molecule has 5 heteroatoms. The maximum Gasteiger partial charge on any atom is 0.204 e. The van der Waals surface area contributed by atoms with Crippen LogP contribution in [0.1, 0.15) is 16.7 Å². The van der Waals surface area contributed by atoms with Crippen LogP contribution in [0.15, 0.2) is 41.8 Å². The van der Waals surface area contributed by atoms with Gasteiger partial charge in [-0.2, -0.15) is 5.10 Å². The van der Waals surface area contributed by atoms with Gasteiger partial charge in [-0.3, -0.25) is 10.4 Å². The van der Waals surface area contributed by atoms with E-state index in [9.17, 15) is 0 Å². The van der Waals surface area contributed by atoms with Gasteiger partial charge in [-0.05, 0) is 37.1 Å². The Bertz CT molecular complexity index is 762. The second kappa shape index (κ2) is 5.38. The van der Waals surface area contributed by atoms with Crippen LogP contribution in [-0.2, 0) is 0 Å². The highest BCUT2D eigenvalue weighted by molar-refractivity contribution is 7.22. The molecule has 2 aromatic heterocycles. The van der Waals surface area contributed by atoms with E-state index in [0.717, 1.165) is 16.2 Å². The molecule has 0 saturated heterocycles. The van der Waals surface area contributed by atoms with Crippen molar-refractivity contribution >= 4 is 32.9 Å². The maximum atomic E-state index is 4.56. The number of rotatable bonds is 3. The van der Waals surface area contributed by atoms with Crippen molar-refractivity contribution in [3.05, 3.63) is 53.3 Å². The zero-order valence-corrected chi connectivity index (χ0v) is 12.1. The Morgan fingerprint density at radius 3 is 3.00 bits per heavy atom. The summed E-state index contributed by atoms with van der Waals surface area (Å²) in [5.41, 5.74) is 7.42. The minimum atomic E-state index is 0.800. The highest BCUT2D eigenvalue weighted by Gasteiger charge is 2.06. The summed E-state index contributed by atoms with van der Waals surface area (Å²) in [6.45, 7) is 4.18. The molecule has 1 N–H and O–H groups in total. The standard InChI is InChI=1S/C15H14N4S/c1-10-6-11(2)14-13(7-10)20-15(18-14)19-17-9-12-4-3-5-16-8-12/h3-9H,1-2H3,(H,18,19)/b17-9-. The van der Waals surface area contributed by atoms with Gasteiger partial charge in [-0.15, -0.1) is 0 Å². The zero-order valence-electron chi connectivity index (χ0n) is 11.3. The first-order valence-corrected chi connectivity index (χ1v) is 7.11. The quantitative estimate of drug-likeness (QED) is 0.588. The lowest BCUT2D eigenvalue weighted by atomic mass is 10.1. The number of hydrogen-bond acceptors (Lipinski definition) is 5. The van der Waals surface area contributed by atoms with E-state index < -0.39 is 0 Å². The van der Waals surface area contributed by atoms with Crippen LogP contribution in [0.2, 0.25) is 0 Å². The topological polar surface area (TPSA) is 50.2 Å². The molecule has 1 aromatic carbocycles. The van der Waals surface area contributed by atoms with Gasteiger partial charge < -0.3 is 0 Å². The predicted octanol–water partition coefficient (Wildman–Crippen LogP) is 3.75. The molecule has 20 heavy (non-hydrogen) atoms. The predicted molar refractivity (Wildman–Crippen MR) is 84.5 cm³/mol. The van der Waals surface area contributed by atoms with E-state index >= 15 is 0 Å². The lowest BCUT2D eigenvalue weighted by Crippen LogP contribution is -1.90. The summed E-state index contributed by atoms with van der Waals surface area (Å²) in [4.78, 5) is 8.60. The summed E-state index contributed by atoms with van der Waals surface area (Å²) < 4.78 is 1.18. The molecule has 0 aliphatic carbocycles. The Balaban J connectivity index is 1.82. The van der Waals surface area contributed by atoms with Gasteiger partial charge in [0.1, 0.15) is 0 Å². The molecule has 0 fully saturated rings. The monoisotopic (exact) mass is 282 g/mol. The summed E-state index contributed by atoms with van der Waals surface area (Å²) >= 11 is 1.61. The fourth-order valence-corrected chi connectivity index (χ4v) is 3.02. The number of fused-ring (bicyclic) bond motifs is 1. The largest absolute Gasteiger partial charge is 0.264 e. The Morgan fingerprint density at radius 1 is 1.30 bits per heavy atom. The number of thiazole rings is 1. The van der Waals surface area contributed by atoms with E-state index in [1.54, 1.807) is 29.9 Å². The number of pyridine rings is 1. The molecule has 0 saturated carbocycles. The highest BCUT2D eigenvalue weighted by Crippen LogP contribution is 2.29. The van der Waals surface area contributed by atoms with Crippen LogP contribution in [0.25, 0.3) is 10.2 Å². The lowest BCUT2D eigenvalue weighted by molar-refractivity contribution is 1.28. The number of benzene rings is 1. The molecule has 100 valence electrons. The molecule has 0 aliphatic rings. The number of nitrogens with zero attached hydrogens (tertiary/aromatic N) is 3. The molecule has 0 amide bonds. The van der Waals surface area contributed by atoms with Crippen LogP contribution in [0.3, 0.4) is 0 Å². The van der Waals surface area contributed by atoms with Crippen LogP contribution in [-0.4, -0.2) is 16.2 Å². The van der Waals surface area contributed by atoms with Crippen molar-refractivity contribution in [2.75, 3.05) is 5.43 Å². The minimum Gasteiger partial charge on any atom is -0.264 e. The second-order valence-corrected chi connectivity index (χ2v) is 5.63. The number of hydrogen-bond donors (Lipinski definition) is 1. The highest BCUT2D eigenvalue weighted by atomic mass is 32.1. The maximum absolute atomic E-state index is 4.56. The zero-order chi connectivity index (χ0) is 13.9. The summed E-state index contributed by atoms with van der Waals surface area (Å²) in [6.07, 6.45) is 5.23. The molecular weight excluding hydrogens is 268 g/mol. The molecular formula is C15H14N4S. The third kappa shape index (κ3) is 2.67. The van der Waals surface area contributed by atoms with E-state index in [1.807, 2.05) is 12.1 Å². The fraction of sp³-hybridized carbons (Fsp3) is 0.133. The number of hydrazone groups is 1. The smallest absolute Gasteiger partial charge is 0.204 e. The van der Waals surface area contributed by atoms with Crippen LogP contribution in [0.5, 0.6) is 0 Å². The minimum absolute atomic E-state index is 0.800. The van der Waals surface area contributed by atoms with Gasteiger partial charge in [0.2, 0.25) is 5.13 Å². The van der Waals surface area contributed by atoms with E-state index in [4.69, 9.17) is 0 Å². The molecule has 0 unspecified atom stereocenters.